The Hall–Kier alpha value is -1.80. The van der Waals surface area contributed by atoms with E-state index >= 15 is 0 Å². The number of para-hydroxylation sites is 1. The first-order valence-electron chi connectivity index (χ1n) is 9.95. The number of anilines is 1. The number of imidazole rings is 1. The van der Waals surface area contributed by atoms with Gasteiger partial charge in [-0.15, -0.1) is 0 Å². The molecule has 1 saturated carbocycles. The molecule has 0 atom stereocenters. The van der Waals surface area contributed by atoms with E-state index in [0.29, 0.717) is 11.7 Å². The summed E-state index contributed by atoms with van der Waals surface area (Å²) in [6, 6.07) is 7.84. The quantitative estimate of drug-likeness (QED) is 0.569. The number of aromatic nitrogens is 2. The zero-order valence-electron chi connectivity index (χ0n) is 16.8. The molecule has 8 heteroatoms. The first-order chi connectivity index (χ1) is 14.0. The Balaban J connectivity index is 1.51. The van der Waals surface area contributed by atoms with Crippen molar-refractivity contribution in [3.8, 4) is 0 Å². The number of carbonyl (C=O) groups is 2. The molecule has 29 heavy (non-hydrogen) atoms. The maximum absolute atomic E-state index is 12.3. The maximum atomic E-state index is 12.3. The Bertz CT molecular complexity index is 878. The second kappa shape index (κ2) is 10.3. The highest BCUT2D eigenvalue weighted by molar-refractivity contribution is 9.10. The van der Waals surface area contributed by atoms with Gasteiger partial charge in [-0.25, -0.2) is 4.98 Å². The van der Waals surface area contributed by atoms with Gasteiger partial charge in [-0.05, 0) is 54.8 Å². The first kappa shape index (κ1) is 21.9. The lowest BCUT2D eigenvalue weighted by Gasteiger charge is -2.26. The highest BCUT2D eigenvalue weighted by Gasteiger charge is 2.22. The lowest BCUT2D eigenvalue weighted by atomic mass is 9.95. The molecule has 2 aromatic rings. The summed E-state index contributed by atoms with van der Waals surface area (Å²) >= 11 is 4.83. The number of hydrogen-bond acceptors (Lipinski definition) is 4. The molecular weight excluding hydrogens is 452 g/mol. The molecule has 1 aliphatic rings. The molecule has 0 aliphatic heterocycles. The molecule has 0 bridgehead atoms. The zero-order valence-corrected chi connectivity index (χ0v) is 19.2. The van der Waals surface area contributed by atoms with Crippen molar-refractivity contribution in [2.45, 2.75) is 57.1 Å². The number of nitrogens with zero attached hydrogens (tertiary/aromatic N) is 2. The molecule has 3 rings (SSSR count). The van der Waals surface area contributed by atoms with Crippen LogP contribution in [0.1, 0.15) is 49.5 Å². The van der Waals surface area contributed by atoms with Crippen molar-refractivity contribution >= 4 is 45.2 Å². The van der Waals surface area contributed by atoms with E-state index in [1.807, 2.05) is 25.1 Å². The van der Waals surface area contributed by atoms with E-state index in [0.717, 1.165) is 15.3 Å². The summed E-state index contributed by atoms with van der Waals surface area (Å²) in [5.41, 5.74) is 2.89. The molecule has 2 N–H and O–H groups in total. The number of thioether (sulfide) groups is 1. The lowest BCUT2D eigenvalue weighted by Crippen LogP contribution is -2.34. The normalized spacial score (nSPS) is 14.6. The highest BCUT2D eigenvalue weighted by Crippen LogP contribution is 2.34. The van der Waals surface area contributed by atoms with Gasteiger partial charge in [0.25, 0.3) is 0 Å². The molecular formula is C21H27BrN4O2S. The summed E-state index contributed by atoms with van der Waals surface area (Å²) in [6.07, 6.45) is 6.14. The SMILES string of the molecule is Cc1nc(SCC(=O)NCC(=O)Nc2ccccc2Br)n(C2CCCCC2)c1C. The van der Waals surface area contributed by atoms with Crippen LogP contribution in [0.5, 0.6) is 0 Å². The monoisotopic (exact) mass is 478 g/mol. The molecule has 1 fully saturated rings. The lowest BCUT2D eigenvalue weighted by molar-refractivity contribution is -0.122. The number of amides is 2. The molecule has 1 aromatic heterocycles. The van der Waals surface area contributed by atoms with Crippen LogP contribution >= 0.6 is 27.7 Å². The summed E-state index contributed by atoms with van der Waals surface area (Å²) in [5, 5.41) is 6.37. The van der Waals surface area contributed by atoms with Crippen LogP contribution in [0.15, 0.2) is 33.9 Å². The molecule has 0 spiro atoms. The van der Waals surface area contributed by atoms with E-state index in [1.54, 1.807) is 6.07 Å². The first-order valence-corrected chi connectivity index (χ1v) is 11.7. The summed E-state index contributed by atoms with van der Waals surface area (Å²) in [4.78, 5) is 29.0. The summed E-state index contributed by atoms with van der Waals surface area (Å²) in [5.74, 6) is -0.193. The van der Waals surface area contributed by atoms with E-state index in [1.165, 1.54) is 49.6 Å². The van der Waals surface area contributed by atoms with Gasteiger partial charge in [-0.2, -0.15) is 0 Å². The number of aryl methyl sites for hydroxylation is 1. The van der Waals surface area contributed by atoms with Crippen LogP contribution in [-0.4, -0.2) is 33.7 Å². The van der Waals surface area contributed by atoms with Gasteiger partial charge in [-0.1, -0.05) is 43.2 Å². The van der Waals surface area contributed by atoms with E-state index < -0.39 is 0 Å². The number of benzene rings is 1. The molecule has 0 radical (unpaired) electrons. The zero-order chi connectivity index (χ0) is 20.8. The molecule has 1 aromatic carbocycles. The molecule has 2 amide bonds. The van der Waals surface area contributed by atoms with Gasteiger partial charge in [0, 0.05) is 16.2 Å². The van der Waals surface area contributed by atoms with Crippen LogP contribution < -0.4 is 10.6 Å². The summed E-state index contributed by atoms with van der Waals surface area (Å²) < 4.78 is 3.11. The predicted octanol–water partition coefficient (Wildman–Crippen LogP) is 4.61. The minimum absolute atomic E-state index is 0.0597. The van der Waals surface area contributed by atoms with Crippen LogP contribution in [0, 0.1) is 13.8 Å². The van der Waals surface area contributed by atoms with Crippen molar-refractivity contribution in [1.29, 1.82) is 0 Å². The van der Waals surface area contributed by atoms with E-state index in [2.05, 4.69) is 43.0 Å². The number of hydrogen-bond donors (Lipinski definition) is 2. The predicted molar refractivity (Wildman–Crippen MR) is 120 cm³/mol. The van der Waals surface area contributed by atoms with Gasteiger partial charge in [-0.3, -0.25) is 9.59 Å². The average molecular weight is 479 g/mol. The van der Waals surface area contributed by atoms with Crippen LogP contribution in [0.4, 0.5) is 5.69 Å². The average Bonchev–Trinajstić information content (AvgIpc) is 3.01. The third-order valence-corrected chi connectivity index (χ3v) is 6.86. The Morgan fingerprint density at radius 2 is 1.90 bits per heavy atom. The second-order valence-electron chi connectivity index (χ2n) is 7.32. The van der Waals surface area contributed by atoms with Gasteiger partial charge >= 0.3 is 0 Å². The third kappa shape index (κ3) is 5.85. The largest absolute Gasteiger partial charge is 0.346 e. The topological polar surface area (TPSA) is 76.0 Å². The van der Waals surface area contributed by atoms with Gasteiger partial charge in [0.1, 0.15) is 0 Å². The molecule has 1 heterocycles. The van der Waals surface area contributed by atoms with Crippen molar-refractivity contribution in [1.82, 2.24) is 14.9 Å². The third-order valence-electron chi connectivity index (χ3n) is 5.22. The fourth-order valence-electron chi connectivity index (χ4n) is 3.58. The van der Waals surface area contributed by atoms with Gasteiger partial charge in [0.2, 0.25) is 11.8 Å². The summed E-state index contributed by atoms with van der Waals surface area (Å²) in [7, 11) is 0. The minimum Gasteiger partial charge on any atom is -0.346 e. The Kier molecular flexibility index (Phi) is 7.77. The Morgan fingerprint density at radius 1 is 1.17 bits per heavy atom. The van der Waals surface area contributed by atoms with Gasteiger partial charge < -0.3 is 15.2 Å². The van der Waals surface area contributed by atoms with E-state index in [4.69, 9.17) is 0 Å². The van der Waals surface area contributed by atoms with Crippen molar-refractivity contribution in [2.24, 2.45) is 0 Å². The number of rotatable bonds is 7. The molecule has 0 saturated heterocycles. The Labute approximate surface area is 184 Å². The Morgan fingerprint density at radius 3 is 2.62 bits per heavy atom. The summed E-state index contributed by atoms with van der Waals surface area (Å²) in [6.45, 7) is 4.06. The van der Waals surface area contributed by atoms with Crippen molar-refractivity contribution in [3.05, 3.63) is 40.1 Å². The van der Waals surface area contributed by atoms with Crippen LogP contribution in [-0.2, 0) is 9.59 Å². The van der Waals surface area contributed by atoms with Crippen molar-refractivity contribution in [2.75, 3.05) is 17.6 Å². The minimum atomic E-state index is -0.259. The van der Waals surface area contributed by atoms with Gasteiger partial charge in [0.05, 0.1) is 23.7 Å². The number of halogens is 1. The standard InChI is InChI=1S/C21H27BrN4O2S/c1-14-15(2)26(16-8-4-3-5-9-16)21(24-14)29-13-20(28)23-12-19(27)25-18-11-7-6-10-17(18)22/h6-7,10-11,16H,3-5,8-9,12-13H2,1-2H3,(H,23,28)(H,25,27). The van der Waals surface area contributed by atoms with E-state index in [9.17, 15) is 9.59 Å². The second-order valence-corrected chi connectivity index (χ2v) is 9.12. The van der Waals surface area contributed by atoms with Gasteiger partial charge in [0.15, 0.2) is 5.16 Å². The smallest absolute Gasteiger partial charge is 0.243 e. The number of nitrogens with one attached hydrogen (secondary N) is 2. The highest BCUT2D eigenvalue weighted by atomic mass is 79.9. The fourth-order valence-corrected chi connectivity index (χ4v) is 4.96. The van der Waals surface area contributed by atoms with Crippen molar-refractivity contribution in [3.63, 3.8) is 0 Å². The van der Waals surface area contributed by atoms with Crippen molar-refractivity contribution < 1.29 is 9.59 Å². The van der Waals surface area contributed by atoms with Crippen LogP contribution in [0.2, 0.25) is 0 Å². The molecule has 0 unspecified atom stereocenters. The number of carbonyl (C=O) groups excluding carboxylic acids is 2. The molecule has 1 aliphatic carbocycles. The maximum Gasteiger partial charge on any atom is 0.243 e. The molecule has 156 valence electrons. The molecule has 6 nitrogen and oxygen atoms in total. The van der Waals surface area contributed by atoms with Crippen LogP contribution in [0.3, 0.4) is 0 Å². The van der Waals surface area contributed by atoms with E-state index in [-0.39, 0.29) is 24.1 Å². The van der Waals surface area contributed by atoms with Crippen LogP contribution in [0.25, 0.3) is 0 Å². The fraction of sp³-hybridized carbons (Fsp3) is 0.476.